The molecule has 0 aliphatic heterocycles. The summed E-state index contributed by atoms with van der Waals surface area (Å²) in [6, 6.07) is 0. The molecule has 4 nitrogen and oxygen atoms in total. The van der Waals surface area contributed by atoms with E-state index in [9.17, 15) is 4.79 Å². The molecule has 1 aromatic rings. The lowest BCUT2D eigenvalue weighted by atomic mass is 10.7. The van der Waals surface area contributed by atoms with Gasteiger partial charge in [-0.1, -0.05) is 5.16 Å². The fourth-order valence-electron chi connectivity index (χ4n) is 0.399. The van der Waals surface area contributed by atoms with E-state index in [4.69, 9.17) is 0 Å². The van der Waals surface area contributed by atoms with Crippen molar-refractivity contribution in [3.05, 3.63) is 16.9 Å². The highest BCUT2D eigenvalue weighted by Gasteiger charge is 1.93. The number of rotatable bonds is 1. The number of aryl methyl sites for hydroxylation is 1. The van der Waals surface area contributed by atoms with Crippen LogP contribution in [0.3, 0.4) is 0 Å². The Balaban J connectivity index is 3.11. The Hall–Kier alpha value is -1.06. The molecule has 1 aromatic heterocycles. The number of hydrogen-bond donors (Lipinski definition) is 0. The third kappa shape index (κ3) is 0.641. The topological polar surface area (TPSA) is 48.0 Å². The largest absolute Gasteiger partial charge is 0.441 e. The zero-order valence-corrected chi connectivity index (χ0v) is 4.42. The van der Waals surface area contributed by atoms with Crippen molar-refractivity contribution in [3.8, 4) is 0 Å². The molecular weight excluding hydrogens is 108 g/mol. The maximum absolute atomic E-state index is 10.4. The zero-order valence-electron chi connectivity index (χ0n) is 4.42. The van der Waals surface area contributed by atoms with Crippen molar-refractivity contribution in [2.24, 2.45) is 0 Å². The van der Waals surface area contributed by atoms with Gasteiger partial charge in [0.15, 0.2) is 0 Å². The SMILES string of the molecule is CCn1[c]noc1=O. The second-order valence-electron chi connectivity index (χ2n) is 1.29. The highest BCUT2D eigenvalue weighted by molar-refractivity contribution is 4.52. The molecule has 0 aromatic carbocycles. The normalized spacial score (nSPS) is 9.62. The van der Waals surface area contributed by atoms with Gasteiger partial charge < -0.3 is 0 Å². The molecule has 0 atom stereocenters. The number of aromatic nitrogens is 2. The third-order valence-electron chi connectivity index (χ3n) is 0.822. The van der Waals surface area contributed by atoms with E-state index >= 15 is 0 Å². The quantitative estimate of drug-likeness (QED) is 0.500. The van der Waals surface area contributed by atoms with Crippen LogP contribution in [0.15, 0.2) is 9.32 Å². The minimum Gasteiger partial charge on any atom is -0.295 e. The smallest absolute Gasteiger partial charge is 0.295 e. The summed E-state index contributed by atoms with van der Waals surface area (Å²) < 4.78 is 5.41. The van der Waals surface area contributed by atoms with E-state index in [1.807, 2.05) is 6.92 Å². The van der Waals surface area contributed by atoms with Crippen molar-refractivity contribution in [1.82, 2.24) is 9.72 Å². The van der Waals surface area contributed by atoms with E-state index in [0.29, 0.717) is 6.54 Å². The summed E-state index contributed by atoms with van der Waals surface area (Å²) in [5.74, 6) is -0.451. The fraction of sp³-hybridized carbons (Fsp3) is 0.500. The molecule has 43 valence electrons. The van der Waals surface area contributed by atoms with Crippen LogP contribution in [-0.2, 0) is 6.54 Å². The maximum atomic E-state index is 10.4. The van der Waals surface area contributed by atoms with E-state index in [1.54, 1.807) is 0 Å². The monoisotopic (exact) mass is 113 g/mol. The van der Waals surface area contributed by atoms with Crippen molar-refractivity contribution >= 4 is 0 Å². The summed E-state index contributed by atoms with van der Waals surface area (Å²) in [6.45, 7) is 2.37. The molecule has 0 aliphatic carbocycles. The second kappa shape index (κ2) is 1.81. The summed E-state index contributed by atoms with van der Waals surface area (Å²) in [5, 5.41) is 3.14. The Morgan fingerprint density at radius 1 is 2.00 bits per heavy atom. The second-order valence-corrected chi connectivity index (χ2v) is 1.29. The van der Waals surface area contributed by atoms with E-state index in [2.05, 4.69) is 16.0 Å². The predicted octanol–water partition coefficient (Wildman–Crippen LogP) is -0.344. The molecule has 0 aliphatic rings. The lowest BCUT2D eigenvalue weighted by Gasteiger charge is -1.81. The van der Waals surface area contributed by atoms with Crippen molar-refractivity contribution in [2.45, 2.75) is 13.5 Å². The molecule has 4 heteroatoms. The van der Waals surface area contributed by atoms with Crippen LogP contribution in [0, 0.1) is 6.33 Å². The first kappa shape index (κ1) is 5.08. The van der Waals surface area contributed by atoms with Crippen LogP contribution in [0.5, 0.6) is 0 Å². The first-order valence-electron chi connectivity index (χ1n) is 2.28. The molecule has 1 radical (unpaired) electrons. The van der Waals surface area contributed by atoms with Gasteiger partial charge in [0.2, 0.25) is 6.33 Å². The Kier molecular flexibility index (Phi) is 1.15. The van der Waals surface area contributed by atoms with Crippen molar-refractivity contribution in [1.29, 1.82) is 0 Å². The van der Waals surface area contributed by atoms with Crippen molar-refractivity contribution < 1.29 is 4.52 Å². The van der Waals surface area contributed by atoms with E-state index in [-0.39, 0.29) is 0 Å². The average molecular weight is 113 g/mol. The van der Waals surface area contributed by atoms with Crippen LogP contribution in [0.2, 0.25) is 0 Å². The first-order valence-corrected chi connectivity index (χ1v) is 2.28. The fourth-order valence-corrected chi connectivity index (χ4v) is 0.399. The van der Waals surface area contributed by atoms with Crippen molar-refractivity contribution in [2.75, 3.05) is 0 Å². The van der Waals surface area contributed by atoms with Gasteiger partial charge in [-0.3, -0.25) is 9.09 Å². The van der Waals surface area contributed by atoms with Gasteiger partial charge >= 0.3 is 5.76 Å². The predicted molar refractivity (Wildman–Crippen MR) is 25.3 cm³/mol. The van der Waals surface area contributed by atoms with Crippen LogP contribution in [-0.4, -0.2) is 9.72 Å². The first-order chi connectivity index (χ1) is 3.84. The van der Waals surface area contributed by atoms with Gasteiger partial charge in [0.05, 0.1) is 0 Å². The van der Waals surface area contributed by atoms with E-state index in [1.165, 1.54) is 4.57 Å². The minimum atomic E-state index is -0.451. The van der Waals surface area contributed by atoms with E-state index < -0.39 is 5.76 Å². The van der Waals surface area contributed by atoms with Crippen LogP contribution in [0.25, 0.3) is 0 Å². The summed E-state index contributed by atoms with van der Waals surface area (Å²) in [6.07, 6.45) is 2.34. The Morgan fingerprint density at radius 2 is 2.75 bits per heavy atom. The molecular formula is C4H5N2O2. The summed E-state index contributed by atoms with van der Waals surface area (Å²) in [7, 11) is 0. The zero-order chi connectivity index (χ0) is 5.98. The van der Waals surface area contributed by atoms with Crippen LogP contribution >= 0.6 is 0 Å². The molecule has 8 heavy (non-hydrogen) atoms. The molecule has 0 saturated heterocycles. The summed E-state index contributed by atoms with van der Waals surface area (Å²) >= 11 is 0. The van der Waals surface area contributed by atoms with Gasteiger partial charge in [0.25, 0.3) is 0 Å². The molecule has 0 N–H and O–H groups in total. The average Bonchev–Trinajstić information content (AvgIpc) is 2.14. The van der Waals surface area contributed by atoms with Crippen molar-refractivity contribution in [3.63, 3.8) is 0 Å². The van der Waals surface area contributed by atoms with Gasteiger partial charge in [-0.15, -0.1) is 0 Å². The Labute approximate surface area is 45.7 Å². The highest BCUT2D eigenvalue weighted by Crippen LogP contribution is 1.71. The van der Waals surface area contributed by atoms with Crippen LogP contribution in [0.4, 0.5) is 0 Å². The molecule has 1 rings (SSSR count). The number of hydrogen-bond acceptors (Lipinski definition) is 3. The van der Waals surface area contributed by atoms with Gasteiger partial charge in [-0.25, -0.2) is 4.79 Å². The molecule has 0 unspecified atom stereocenters. The van der Waals surface area contributed by atoms with Gasteiger partial charge in [0.1, 0.15) is 0 Å². The van der Waals surface area contributed by atoms with Gasteiger partial charge in [-0.05, 0) is 6.92 Å². The lowest BCUT2D eigenvalue weighted by Crippen LogP contribution is -2.11. The van der Waals surface area contributed by atoms with Gasteiger partial charge in [-0.2, -0.15) is 0 Å². The third-order valence-corrected chi connectivity index (χ3v) is 0.822. The molecule has 0 fully saturated rings. The standard InChI is InChI=1S/C4H5N2O2/c1-2-6-3-5-8-4(6)7/h2H2,1H3. The molecule has 0 spiro atoms. The van der Waals surface area contributed by atoms with Crippen LogP contribution in [0.1, 0.15) is 6.92 Å². The minimum absolute atomic E-state index is 0.451. The summed E-state index contributed by atoms with van der Waals surface area (Å²) in [4.78, 5) is 10.4. The maximum Gasteiger partial charge on any atom is 0.441 e. The van der Waals surface area contributed by atoms with Gasteiger partial charge in [0, 0.05) is 6.54 Å². The number of nitrogens with zero attached hydrogens (tertiary/aromatic N) is 2. The molecule has 0 saturated carbocycles. The highest BCUT2D eigenvalue weighted by atomic mass is 16.5. The molecule has 0 bridgehead atoms. The Bertz CT molecular complexity index is 212. The molecule has 1 heterocycles. The molecule has 0 amide bonds. The summed E-state index contributed by atoms with van der Waals surface area (Å²) in [5.41, 5.74) is 0. The lowest BCUT2D eigenvalue weighted by molar-refractivity contribution is 0.376. The Morgan fingerprint density at radius 3 is 3.00 bits per heavy atom. The van der Waals surface area contributed by atoms with E-state index in [0.717, 1.165) is 0 Å². The van der Waals surface area contributed by atoms with Crippen LogP contribution < -0.4 is 5.76 Å².